The Morgan fingerprint density at radius 1 is 1.03 bits per heavy atom. The van der Waals surface area contributed by atoms with Crippen LogP contribution in [-0.2, 0) is 22.1 Å². The van der Waals surface area contributed by atoms with Gasteiger partial charge in [-0.3, -0.25) is 4.79 Å². The lowest BCUT2D eigenvalue weighted by molar-refractivity contribution is -0.143. The normalized spacial score (nSPS) is 14.7. The van der Waals surface area contributed by atoms with Crippen LogP contribution in [0.4, 0.5) is 32.2 Å². The first kappa shape index (κ1) is 27.0. The summed E-state index contributed by atoms with van der Waals surface area (Å²) in [6.07, 6.45) is -6.51. The SMILES string of the molecule is CCS(C)(=O)=Nc1cc(-n2ncnc2[C@H](C)NC(=O)c2cc(C(F)(F)F)cc(C(F)(F)F)c2)ncn1. The molecule has 16 heteroatoms. The predicted molar refractivity (Wildman–Crippen MR) is 116 cm³/mol. The molecule has 0 spiro atoms. The lowest BCUT2D eigenvalue weighted by Gasteiger charge is -2.17. The van der Waals surface area contributed by atoms with Gasteiger partial charge in [0, 0.05) is 23.6 Å². The molecule has 0 radical (unpaired) electrons. The van der Waals surface area contributed by atoms with Gasteiger partial charge in [-0.25, -0.2) is 19.2 Å². The molecule has 2 aromatic heterocycles. The summed E-state index contributed by atoms with van der Waals surface area (Å²) in [5.41, 5.74) is -4.07. The first-order valence-electron chi connectivity index (χ1n) is 10.1. The zero-order chi connectivity index (χ0) is 26.9. The average molecular weight is 535 g/mol. The molecule has 1 amide bonds. The molecule has 0 fully saturated rings. The minimum Gasteiger partial charge on any atom is -0.342 e. The Hall–Kier alpha value is -3.56. The fraction of sp³-hybridized carbons (Fsp3) is 0.350. The van der Waals surface area contributed by atoms with Gasteiger partial charge in [0.25, 0.3) is 5.91 Å². The number of carbonyl (C=O) groups is 1. The molecule has 1 unspecified atom stereocenters. The number of aromatic nitrogens is 5. The van der Waals surface area contributed by atoms with Gasteiger partial charge >= 0.3 is 12.4 Å². The highest BCUT2D eigenvalue weighted by Crippen LogP contribution is 2.36. The van der Waals surface area contributed by atoms with Crippen LogP contribution in [-0.4, -0.2) is 46.9 Å². The second kappa shape index (κ2) is 9.83. The van der Waals surface area contributed by atoms with E-state index in [1.807, 2.05) is 0 Å². The van der Waals surface area contributed by atoms with Gasteiger partial charge in [-0.05, 0) is 25.1 Å². The largest absolute Gasteiger partial charge is 0.416 e. The van der Waals surface area contributed by atoms with Gasteiger partial charge < -0.3 is 5.32 Å². The van der Waals surface area contributed by atoms with E-state index in [9.17, 15) is 35.3 Å². The van der Waals surface area contributed by atoms with Crippen LogP contribution in [0.3, 0.4) is 0 Å². The van der Waals surface area contributed by atoms with Crippen molar-refractivity contribution in [3.8, 4) is 5.82 Å². The standard InChI is InChI=1S/C20H19F6N7O2S/c1-4-36(3,35)32-15-8-16(28-9-27-15)33-17(29-10-30-33)11(2)31-18(34)12-5-13(19(21,22)23)7-14(6-12)20(24,25)26/h5-11H,4H2,1-3H3,(H,31,34)/t11-,36?/m0/s1. The summed E-state index contributed by atoms with van der Waals surface area (Å²) in [6.45, 7) is 3.09. The molecule has 0 aliphatic carbocycles. The second-order valence-electron chi connectivity index (χ2n) is 7.59. The molecular formula is C20H19F6N7O2S. The van der Waals surface area contributed by atoms with Crippen molar-refractivity contribution in [2.45, 2.75) is 32.2 Å². The van der Waals surface area contributed by atoms with Crippen molar-refractivity contribution in [1.82, 2.24) is 30.0 Å². The van der Waals surface area contributed by atoms with Crippen LogP contribution in [0.25, 0.3) is 5.82 Å². The van der Waals surface area contributed by atoms with Crippen LogP contribution in [0.2, 0.25) is 0 Å². The highest BCUT2D eigenvalue weighted by Gasteiger charge is 2.37. The summed E-state index contributed by atoms with van der Waals surface area (Å²) >= 11 is 0. The van der Waals surface area contributed by atoms with E-state index in [4.69, 9.17) is 0 Å². The Balaban J connectivity index is 1.92. The molecule has 3 rings (SSSR count). The van der Waals surface area contributed by atoms with Crippen molar-refractivity contribution in [1.29, 1.82) is 0 Å². The molecule has 1 aromatic carbocycles. The van der Waals surface area contributed by atoms with Gasteiger partial charge in [-0.2, -0.15) is 40.5 Å². The van der Waals surface area contributed by atoms with E-state index in [1.165, 1.54) is 23.9 Å². The third-order valence-corrected chi connectivity index (χ3v) is 6.48. The predicted octanol–water partition coefficient (Wildman–Crippen LogP) is 4.34. The van der Waals surface area contributed by atoms with Gasteiger partial charge in [0.05, 0.1) is 26.9 Å². The maximum Gasteiger partial charge on any atom is 0.416 e. The molecule has 36 heavy (non-hydrogen) atoms. The summed E-state index contributed by atoms with van der Waals surface area (Å²) < 4.78 is 96.3. The van der Waals surface area contributed by atoms with E-state index in [-0.39, 0.29) is 29.3 Å². The number of rotatable bonds is 6. The molecule has 1 N–H and O–H groups in total. The molecule has 2 heterocycles. The fourth-order valence-corrected chi connectivity index (χ4v) is 3.54. The summed E-state index contributed by atoms with van der Waals surface area (Å²) in [5, 5.41) is 6.31. The van der Waals surface area contributed by atoms with Crippen LogP contribution in [0.1, 0.15) is 47.2 Å². The quantitative estimate of drug-likeness (QED) is 0.470. The highest BCUT2D eigenvalue weighted by atomic mass is 32.2. The zero-order valence-electron chi connectivity index (χ0n) is 18.9. The number of carbonyl (C=O) groups excluding carboxylic acids is 1. The number of amides is 1. The summed E-state index contributed by atoms with van der Waals surface area (Å²) in [6, 6.07) is 0.924. The maximum absolute atomic E-state index is 13.1. The van der Waals surface area contributed by atoms with E-state index >= 15 is 0 Å². The Labute approximate surface area is 201 Å². The third-order valence-electron chi connectivity index (χ3n) is 4.84. The van der Waals surface area contributed by atoms with E-state index in [2.05, 4.69) is 29.7 Å². The molecule has 0 aliphatic heterocycles. The number of hydrogen-bond acceptors (Lipinski definition) is 7. The minimum atomic E-state index is -5.10. The second-order valence-corrected chi connectivity index (χ2v) is 10.3. The molecule has 0 aliphatic rings. The van der Waals surface area contributed by atoms with Crippen LogP contribution in [0.5, 0.6) is 0 Å². The lowest BCUT2D eigenvalue weighted by Crippen LogP contribution is -2.29. The topological polar surface area (TPSA) is 115 Å². The number of nitrogens with zero attached hydrogens (tertiary/aromatic N) is 6. The van der Waals surface area contributed by atoms with Crippen LogP contribution in [0, 0.1) is 0 Å². The van der Waals surface area contributed by atoms with E-state index in [0.29, 0.717) is 12.1 Å². The van der Waals surface area contributed by atoms with Gasteiger partial charge in [0.1, 0.15) is 12.7 Å². The first-order chi connectivity index (χ1) is 16.6. The highest BCUT2D eigenvalue weighted by molar-refractivity contribution is 7.93. The number of nitrogens with one attached hydrogen (secondary N) is 1. The lowest BCUT2D eigenvalue weighted by atomic mass is 10.0. The van der Waals surface area contributed by atoms with Gasteiger partial charge in [-0.1, -0.05) is 6.92 Å². The van der Waals surface area contributed by atoms with Crippen molar-refractivity contribution < 1.29 is 35.3 Å². The van der Waals surface area contributed by atoms with E-state index in [0.717, 1.165) is 12.7 Å². The molecule has 0 saturated heterocycles. The summed E-state index contributed by atoms with van der Waals surface area (Å²) in [7, 11) is -2.54. The third kappa shape index (κ3) is 6.35. The Morgan fingerprint density at radius 3 is 2.19 bits per heavy atom. The monoisotopic (exact) mass is 535 g/mol. The Morgan fingerprint density at radius 2 is 1.64 bits per heavy atom. The number of hydrogen-bond donors (Lipinski definition) is 1. The van der Waals surface area contributed by atoms with E-state index in [1.54, 1.807) is 6.92 Å². The van der Waals surface area contributed by atoms with Crippen LogP contribution >= 0.6 is 0 Å². The van der Waals surface area contributed by atoms with Crippen molar-refractivity contribution >= 4 is 21.5 Å². The van der Waals surface area contributed by atoms with Crippen molar-refractivity contribution in [3.05, 3.63) is 59.4 Å². The minimum absolute atomic E-state index is 0.0590. The zero-order valence-corrected chi connectivity index (χ0v) is 19.7. The van der Waals surface area contributed by atoms with Gasteiger partial charge in [-0.15, -0.1) is 0 Å². The fourth-order valence-electron chi connectivity index (χ4n) is 2.92. The van der Waals surface area contributed by atoms with Gasteiger partial charge in [0.15, 0.2) is 17.5 Å². The van der Waals surface area contributed by atoms with Crippen LogP contribution in [0.15, 0.2) is 41.3 Å². The average Bonchev–Trinajstić information content (AvgIpc) is 3.28. The number of alkyl halides is 6. The molecule has 0 saturated carbocycles. The van der Waals surface area contributed by atoms with Crippen molar-refractivity contribution in [2.24, 2.45) is 4.36 Å². The molecule has 3 aromatic rings. The smallest absolute Gasteiger partial charge is 0.342 e. The molecule has 0 bridgehead atoms. The summed E-state index contributed by atoms with van der Waals surface area (Å²) in [4.78, 5) is 24.6. The molecule has 9 nitrogen and oxygen atoms in total. The molecule has 194 valence electrons. The molecule has 2 atom stereocenters. The van der Waals surface area contributed by atoms with Crippen LogP contribution < -0.4 is 5.32 Å². The molecular weight excluding hydrogens is 516 g/mol. The van der Waals surface area contributed by atoms with Gasteiger partial charge in [0.2, 0.25) is 0 Å². The number of halogens is 6. The number of benzene rings is 1. The Bertz CT molecular complexity index is 1360. The maximum atomic E-state index is 13.1. The first-order valence-corrected chi connectivity index (χ1v) is 12.2. The Kier molecular flexibility index (Phi) is 7.38. The van der Waals surface area contributed by atoms with E-state index < -0.39 is 50.7 Å². The summed E-state index contributed by atoms with van der Waals surface area (Å²) in [5.74, 6) is -0.641. The van der Waals surface area contributed by atoms with Crippen molar-refractivity contribution in [2.75, 3.05) is 12.0 Å². The van der Waals surface area contributed by atoms with Crippen molar-refractivity contribution in [3.63, 3.8) is 0 Å².